The molecule has 0 aromatic heterocycles. The highest BCUT2D eigenvalue weighted by Crippen LogP contribution is 2.67. The summed E-state index contributed by atoms with van der Waals surface area (Å²) >= 11 is 0. The first-order chi connectivity index (χ1) is 23.7. The van der Waals surface area contributed by atoms with Crippen molar-refractivity contribution in [3.63, 3.8) is 0 Å². The van der Waals surface area contributed by atoms with Crippen molar-refractivity contribution in [3.8, 4) is 0 Å². The molecule has 0 aromatic carbocycles. The van der Waals surface area contributed by atoms with Crippen molar-refractivity contribution in [3.05, 3.63) is 72.4 Å². The molecule has 0 aromatic rings. The number of rotatable bonds is 19. The summed E-state index contributed by atoms with van der Waals surface area (Å²) in [6.45, 7) is 14.8. The second kappa shape index (κ2) is 20.1. The SMILES string of the molecule is CC/C=C\C/C=C\C/C=C\C/C=C\C/C=C\CCCC(=O)O[C@H]1CC[C@@]2(C)C(=CC[C@@H]3[C@@H]2CC[C@]2(C)C([C@H](C)CCCC(C)C)CC[C@@H]32)C1. The molecule has 0 N–H and O–H groups in total. The summed E-state index contributed by atoms with van der Waals surface area (Å²) in [6, 6.07) is 0. The summed E-state index contributed by atoms with van der Waals surface area (Å²) in [6.07, 6.45) is 46.8. The fourth-order valence-electron chi connectivity index (χ4n) is 10.7. The lowest BCUT2D eigenvalue weighted by atomic mass is 9.47. The van der Waals surface area contributed by atoms with Gasteiger partial charge in [0.15, 0.2) is 0 Å². The molecule has 0 radical (unpaired) electrons. The van der Waals surface area contributed by atoms with Crippen molar-refractivity contribution in [1.29, 1.82) is 0 Å². The van der Waals surface area contributed by atoms with Crippen molar-refractivity contribution in [2.75, 3.05) is 0 Å². The quantitative estimate of drug-likeness (QED) is 0.0776. The molecule has 2 nitrogen and oxygen atoms in total. The fraction of sp³-hybridized carbons (Fsp3) is 0.723. The Hall–Kier alpha value is -2.09. The molecule has 8 atom stereocenters. The zero-order valence-electron chi connectivity index (χ0n) is 32.6. The van der Waals surface area contributed by atoms with E-state index in [0.29, 0.717) is 17.3 Å². The van der Waals surface area contributed by atoms with Gasteiger partial charge in [0.05, 0.1) is 0 Å². The van der Waals surface area contributed by atoms with Crippen LogP contribution < -0.4 is 0 Å². The lowest BCUT2D eigenvalue weighted by Crippen LogP contribution is -2.51. The van der Waals surface area contributed by atoms with Gasteiger partial charge in [-0.15, -0.1) is 0 Å². The second-order valence-corrected chi connectivity index (χ2v) is 17.2. The summed E-state index contributed by atoms with van der Waals surface area (Å²) in [4.78, 5) is 12.8. The van der Waals surface area contributed by atoms with Crippen LogP contribution in [0.5, 0.6) is 0 Å². The van der Waals surface area contributed by atoms with Gasteiger partial charge in [0.1, 0.15) is 6.10 Å². The van der Waals surface area contributed by atoms with Crippen LogP contribution in [0, 0.1) is 46.3 Å². The van der Waals surface area contributed by atoms with Crippen LogP contribution in [0.15, 0.2) is 72.4 Å². The molecule has 0 heterocycles. The van der Waals surface area contributed by atoms with Crippen LogP contribution in [0.2, 0.25) is 0 Å². The Morgan fingerprint density at radius 1 is 0.796 bits per heavy atom. The lowest BCUT2D eigenvalue weighted by molar-refractivity contribution is -0.151. The van der Waals surface area contributed by atoms with Gasteiger partial charge in [-0.05, 0) is 136 Å². The molecule has 4 aliphatic rings. The highest BCUT2D eigenvalue weighted by atomic mass is 16.5. The number of hydrogen-bond acceptors (Lipinski definition) is 2. The van der Waals surface area contributed by atoms with E-state index < -0.39 is 0 Å². The Labute approximate surface area is 303 Å². The van der Waals surface area contributed by atoms with Crippen LogP contribution in [-0.4, -0.2) is 12.1 Å². The number of esters is 1. The summed E-state index contributed by atoms with van der Waals surface area (Å²) in [5.74, 6) is 5.20. The van der Waals surface area contributed by atoms with E-state index in [4.69, 9.17) is 4.74 Å². The standard InChI is InChI=1S/C47H74O2/c1-7-8-9-10-11-12-13-14-15-16-17-18-19-20-21-22-23-27-45(48)49-40-32-34-46(5)39(36-40)28-29-41-43-31-30-42(38(4)26-24-25-37(2)3)47(43,6)35-33-44(41)46/h8-9,11-12,14-15,17-18,20-21,28,37-38,40-44H,7,10,13,16,19,22-27,29-36H2,1-6H3/b9-8-,12-11-,15-14-,18-17-,21-20-/t38-,40+,41+,42?,43+,44+,46+,47-/m1/s1. The molecule has 1 unspecified atom stereocenters. The van der Waals surface area contributed by atoms with Crippen LogP contribution in [-0.2, 0) is 9.53 Å². The Kier molecular flexibility index (Phi) is 16.3. The normalized spacial score (nSPS) is 32.4. The van der Waals surface area contributed by atoms with E-state index in [9.17, 15) is 4.79 Å². The predicted octanol–water partition coefficient (Wildman–Crippen LogP) is 13.9. The third kappa shape index (κ3) is 11.2. The Bertz CT molecular complexity index is 1180. The van der Waals surface area contributed by atoms with Gasteiger partial charge in [0.25, 0.3) is 0 Å². The van der Waals surface area contributed by atoms with E-state index in [-0.39, 0.29) is 12.1 Å². The van der Waals surface area contributed by atoms with Gasteiger partial charge in [-0.1, -0.05) is 133 Å². The number of carbonyl (C=O) groups is 1. The molecule has 49 heavy (non-hydrogen) atoms. The minimum Gasteiger partial charge on any atom is -0.462 e. The van der Waals surface area contributed by atoms with E-state index in [1.54, 1.807) is 5.57 Å². The van der Waals surface area contributed by atoms with Gasteiger partial charge in [-0.3, -0.25) is 4.79 Å². The fourth-order valence-corrected chi connectivity index (χ4v) is 10.7. The first-order valence-electron chi connectivity index (χ1n) is 20.8. The third-order valence-electron chi connectivity index (χ3n) is 13.5. The Morgan fingerprint density at radius 2 is 1.45 bits per heavy atom. The third-order valence-corrected chi connectivity index (χ3v) is 13.5. The summed E-state index contributed by atoms with van der Waals surface area (Å²) in [5.41, 5.74) is 2.48. The number of unbranched alkanes of at least 4 members (excludes halogenated alkanes) is 1. The molecule has 0 bridgehead atoms. The van der Waals surface area contributed by atoms with Gasteiger partial charge >= 0.3 is 5.97 Å². The first-order valence-corrected chi connectivity index (χ1v) is 20.8. The van der Waals surface area contributed by atoms with E-state index in [2.05, 4.69) is 108 Å². The van der Waals surface area contributed by atoms with Crippen molar-refractivity contribution < 1.29 is 9.53 Å². The highest BCUT2D eigenvalue weighted by molar-refractivity contribution is 5.69. The van der Waals surface area contributed by atoms with Gasteiger partial charge in [0.2, 0.25) is 0 Å². The lowest BCUT2D eigenvalue weighted by Gasteiger charge is -2.58. The van der Waals surface area contributed by atoms with Gasteiger partial charge in [-0.25, -0.2) is 0 Å². The molecule has 3 fully saturated rings. The van der Waals surface area contributed by atoms with E-state index in [0.717, 1.165) is 93.3 Å². The Morgan fingerprint density at radius 3 is 2.10 bits per heavy atom. The monoisotopic (exact) mass is 671 g/mol. The van der Waals surface area contributed by atoms with Gasteiger partial charge < -0.3 is 4.74 Å². The molecule has 0 saturated heterocycles. The molecule has 4 rings (SSSR count). The van der Waals surface area contributed by atoms with Crippen LogP contribution in [0.3, 0.4) is 0 Å². The minimum absolute atomic E-state index is 0.00295. The number of fused-ring (bicyclic) bond motifs is 5. The molecule has 0 aliphatic heterocycles. The average molecular weight is 671 g/mol. The Balaban J connectivity index is 1.13. The maximum atomic E-state index is 12.8. The van der Waals surface area contributed by atoms with Crippen molar-refractivity contribution in [2.24, 2.45) is 46.3 Å². The van der Waals surface area contributed by atoms with Crippen molar-refractivity contribution in [1.82, 2.24) is 0 Å². The molecule has 2 heteroatoms. The average Bonchev–Trinajstić information content (AvgIpc) is 3.43. The highest BCUT2D eigenvalue weighted by Gasteiger charge is 2.59. The maximum absolute atomic E-state index is 12.8. The molecule has 0 amide bonds. The maximum Gasteiger partial charge on any atom is 0.306 e. The van der Waals surface area contributed by atoms with E-state index >= 15 is 0 Å². The van der Waals surface area contributed by atoms with E-state index in [1.807, 2.05) is 0 Å². The zero-order chi connectivity index (χ0) is 35.1. The zero-order valence-corrected chi connectivity index (χ0v) is 32.6. The van der Waals surface area contributed by atoms with E-state index in [1.165, 1.54) is 57.8 Å². The molecule has 3 saturated carbocycles. The number of hydrogen-bond donors (Lipinski definition) is 0. The molecule has 4 aliphatic carbocycles. The van der Waals surface area contributed by atoms with Crippen LogP contribution in [0.25, 0.3) is 0 Å². The molecule has 274 valence electrons. The van der Waals surface area contributed by atoms with Crippen LogP contribution in [0.1, 0.15) is 164 Å². The summed E-state index contributed by atoms with van der Waals surface area (Å²) < 4.78 is 6.09. The topological polar surface area (TPSA) is 26.3 Å². The minimum atomic E-state index is 0.00295. The number of allylic oxidation sites excluding steroid dienone is 11. The summed E-state index contributed by atoms with van der Waals surface area (Å²) in [7, 11) is 0. The van der Waals surface area contributed by atoms with Crippen molar-refractivity contribution >= 4 is 5.97 Å². The second-order valence-electron chi connectivity index (χ2n) is 17.2. The number of ether oxygens (including phenoxy) is 1. The van der Waals surface area contributed by atoms with Gasteiger partial charge in [-0.2, -0.15) is 0 Å². The smallest absolute Gasteiger partial charge is 0.306 e. The van der Waals surface area contributed by atoms with Crippen LogP contribution in [0.4, 0.5) is 0 Å². The van der Waals surface area contributed by atoms with Crippen molar-refractivity contribution in [2.45, 2.75) is 170 Å². The predicted molar refractivity (Wildman–Crippen MR) is 211 cm³/mol. The van der Waals surface area contributed by atoms with Gasteiger partial charge in [0, 0.05) is 12.8 Å². The molecular weight excluding hydrogens is 597 g/mol. The first kappa shape index (κ1) is 39.7. The van der Waals surface area contributed by atoms with Crippen LogP contribution >= 0.6 is 0 Å². The number of carbonyl (C=O) groups excluding carboxylic acids is 1. The molecule has 0 spiro atoms. The largest absolute Gasteiger partial charge is 0.462 e. The summed E-state index contributed by atoms with van der Waals surface area (Å²) in [5, 5.41) is 0. The molecular formula is C47H74O2.